The van der Waals surface area contributed by atoms with Crippen molar-refractivity contribution in [1.29, 1.82) is 0 Å². The van der Waals surface area contributed by atoms with Gasteiger partial charge in [-0.25, -0.2) is 4.98 Å². The Morgan fingerprint density at radius 2 is 2.21 bits per heavy atom. The Hall–Kier alpha value is -2.19. The molecule has 0 amide bonds. The Kier molecular flexibility index (Phi) is 4.68. The topological polar surface area (TPSA) is 78.0 Å². The number of fused-ring (bicyclic) bond motifs is 1. The zero-order valence-corrected chi connectivity index (χ0v) is 14.8. The average Bonchev–Trinajstić information content (AvgIpc) is 3.04. The minimum atomic E-state index is -0.404. The molecule has 0 saturated carbocycles. The third-order valence-electron chi connectivity index (χ3n) is 3.68. The maximum Gasteiger partial charge on any atom is 0.272 e. The van der Waals surface area contributed by atoms with Crippen LogP contribution in [-0.4, -0.2) is 14.5 Å². The lowest BCUT2D eigenvalue weighted by Gasteiger charge is -2.14. The quantitative estimate of drug-likeness (QED) is 0.294. The van der Waals surface area contributed by atoms with Crippen LogP contribution in [0.25, 0.3) is 10.2 Å². The van der Waals surface area contributed by atoms with Crippen LogP contribution in [0, 0.1) is 10.1 Å². The molecule has 8 heteroatoms. The lowest BCUT2D eigenvalue weighted by Crippen LogP contribution is -2.21. The van der Waals surface area contributed by atoms with E-state index in [1.54, 1.807) is 16.7 Å². The number of non-ortho nitro benzene ring substituents is 1. The number of nitrogens with zero attached hydrogens (tertiary/aromatic N) is 3. The molecule has 0 bridgehead atoms. The van der Waals surface area contributed by atoms with E-state index in [4.69, 9.17) is 0 Å². The molecule has 0 spiro atoms. The average molecular weight is 361 g/mol. The van der Waals surface area contributed by atoms with Crippen molar-refractivity contribution in [3.63, 3.8) is 0 Å². The van der Waals surface area contributed by atoms with Gasteiger partial charge in [0.25, 0.3) is 11.2 Å². The van der Waals surface area contributed by atoms with Gasteiger partial charge in [0.05, 0.1) is 10.4 Å². The van der Waals surface area contributed by atoms with Crippen LogP contribution >= 0.6 is 23.1 Å². The van der Waals surface area contributed by atoms with Gasteiger partial charge in [-0.05, 0) is 30.9 Å². The molecular formula is C16H15N3O3S2. The van der Waals surface area contributed by atoms with E-state index in [1.165, 1.54) is 29.2 Å². The Bertz CT molecular complexity index is 965. The van der Waals surface area contributed by atoms with Gasteiger partial charge in [-0.1, -0.05) is 23.9 Å². The molecule has 1 atom stereocenters. The highest BCUT2D eigenvalue weighted by Gasteiger charge is 2.17. The highest BCUT2D eigenvalue weighted by molar-refractivity contribution is 7.99. The Morgan fingerprint density at radius 3 is 2.92 bits per heavy atom. The normalized spacial score (nSPS) is 12.4. The zero-order chi connectivity index (χ0) is 17.3. The summed E-state index contributed by atoms with van der Waals surface area (Å²) < 4.78 is 2.31. The number of hydrogen-bond donors (Lipinski definition) is 0. The number of nitro benzene ring substituents is 1. The highest BCUT2D eigenvalue weighted by atomic mass is 32.2. The molecule has 0 aliphatic carbocycles. The van der Waals surface area contributed by atoms with Crippen molar-refractivity contribution in [3.8, 4) is 0 Å². The predicted molar refractivity (Wildman–Crippen MR) is 96.9 cm³/mol. The van der Waals surface area contributed by atoms with E-state index >= 15 is 0 Å². The van der Waals surface area contributed by atoms with Gasteiger partial charge >= 0.3 is 0 Å². The van der Waals surface area contributed by atoms with Crippen molar-refractivity contribution in [2.45, 2.75) is 30.8 Å². The first-order valence-corrected chi connectivity index (χ1v) is 9.16. The van der Waals surface area contributed by atoms with E-state index in [9.17, 15) is 14.9 Å². The molecule has 1 aromatic carbocycles. The van der Waals surface area contributed by atoms with E-state index in [-0.39, 0.29) is 16.5 Å². The van der Waals surface area contributed by atoms with Crippen molar-refractivity contribution < 1.29 is 4.92 Å². The standard InChI is InChI=1S/C16H15N3O3S2/c1-3-18-15(20)14-13(7-8-23-14)17-16(18)24-10(2)11-5-4-6-12(9-11)19(21)22/h4-10H,3H2,1-2H3. The number of rotatable bonds is 5. The Labute approximate surface area is 146 Å². The number of hydrogen-bond acceptors (Lipinski definition) is 6. The van der Waals surface area contributed by atoms with Crippen LogP contribution in [0.1, 0.15) is 24.7 Å². The number of benzene rings is 1. The summed E-state index contributed by atoms with van der Waals surface area (Å²) in [5.41, 5.74) is 1.56. The van der Waals surface area contributed by atoms with Crippen molar-refractivity contribution in [3.05, 3.63) is 61.7 Å². The third kappa shape index (κ3) is 3.07. The van der Waals surface area contributed by atoms with Gasteiger partial charge in [0.15, 0.2) is 5.16 Å². The second-order valence-electron chi connectivity index (χ2n) is 5.19. The predicted octanol–water partition coefficient (Wildman–Crippen LogP) is 4.24. The first-order chi connectivity index (χ1) is 11.5. The first-order valence-electron chi connectivity index (χ1n) is 7.40. The number of thiophene rings is 1. The Morgan fingerprint density at radius 1 is 1.42 bits per heavy atom. The van der Waals surface area contributed by atoms with E-state index in [0.29, 0.717) is 21.9 Å². The maximum absolute atomic E-state index is 12.5. The molecule has 0 radical (unpaired) electrons. The molecule has 2 aromatic heterocycles. The van der Waals surface area contributed by atoms with E-state index < -0.39 is 4.92 Å². The second kappa shape index (κ2) is 6.74. The largest absolute Gasteiger partial charge is 0.287 e. The molecule has 1 unspecified atom stereocenters. The van der Waals surface area contributed by atoms with Crippen LogP contribution in [0.4, 0.5) is 5.69 Å². The monoisotopic (exact) mass is 361 g/mol. The van der Waals surface area contributed by atoms with Crippen LogP contribution in [-0.2, 0) is 6.54 Å². The maximum atomic E-state index is 12.5. The van der Waals surface area contributed by atoms with Crippen molar-refractivity contribution >= 4 is 39.0 Å². The molecule has 2 heterocycles. The zero-order valence-electron chi connectivity index (χ0n) is 13.1. The lowest BCUT2D eigenvalue weighted by atomic mass is 10.1. The number of aromatic nitrogens is 2. The molecule has 0 N–H and O–H groups in total. The van der Waals surface area contributed by atoms with Crippen LogP contribution in [0.2, 0.25) is 0 Å². The molecule has 6 nitrogen and oxygen atoms in total. The summed E-state index contributed by atoms with van der Waals surface area (Å²) in [6.45, 7) is 4.39. The third-order valence-corrected chi connectivity index (χ3v) is 5.72. The summed E-state index contributed by atoms with van der Waals surface area (Å²) in [4.78, 5) is 27.7. The minimum absolute atomic E-state index is 0.0359. The first kappa shape index (κ1) is 16.7. The summed E-state index contributed by atoms with van der Waals surface area (Å²) in [6, 6.07) is 8.40. The molecule has 0 aliphatic rings. The SMILES string of the molecule is CCn1c(SC(C)c2cccc([N+](=O)[O-])c2)nc2ccsc2c1=O. The molecule has 0 saturated heterocycles. The number of thioether (sulfide) groups is 1. The van der Waals surface area contributed by atoms with Crippen molar-refractivity contribution in [1.82, 2.24) is 9.55 Å². The van der Waals surface area contributed by atoms with Gasteiger partial charge in [0.1, 0.15) is 4.70 Å². The summed E-state index contributed by atoms with van der Waals surface area (Å²) in [7, 11) is 0. The molecule has 124 valence electrons. The van der Waals surface area contributed by atoms with E-state index in [1.807, 2.05) is 31.4 Å². The van der Waals surface area contributed by atoms with Gasteiger partial charge in [0.2, 0.25) is 0 Å². The number of nitro groups is 1. The second-order valence-corrected chi connectivity index (χ2v) is 7.42. The Balaban J connectivity index is 1.98. The molecule has 24 heavy (non-hydrogen) atoms. The van der Waals surface area contributed by atoms with Gasteiger partial charge in [0, 0.05) is 23.9 Å². The molecule has 0 fully saturated rings. The summed E-state index contributed by atoms with van der Waals surface area (Å²) in [5, 5.41) is 13.4. The van der Waals surface area contributed by atoms with Crippen LogP contribution in [0.5, 0.6) is 0 Å². The van der Waals surface area contributed by atoms with E-state index in [2.05, 4.69) is 4.98 Å². The minimum Gasteiger partial charge on any atom is -0.287 e. The van der Waals surface area contributed by atoms with Crippen molar-refractivity contribution in [2.24, 2.45) is 0 Å². The molecule has 3 aromatic rings. The molecule has 0 aliphatic heterocycles. The van der Waals surface area contributed by atoms with Gasteiger partial charge in [-0.2, -0.15) is 0 Å². The van der Waals surface area contributed by atoms with Crippen LogP contribution < -0.4 is 5.56 Å². The molecule has 3 rings (SSSR count). The van der Waals surface area contributed by atoms with Crippen molar-refractivity contribution in [2.75, 3.05) is 0 Å². The molecular weight excluding hydrogens is 346 g/mol. The van der Waals surface area contributed by atoms with Crippen LogP contribution in [0.15, 0.2) is 45.7 Å². The van der Waals surface area contributed by atoms with Gasteiger partial charge in [-0.15, -0.1) is 11.3 Å². The van der Waals surface area contributed by atoms with E-state index in [0.717, 1.165) is 5.56 Å². The van der Waals surface area contributed by atoms with Gasteiger partial charge in [-0.3, -0.25) is 19.5 Å². The lowest BCUT2D eigenvalue weighted by molar-refractivity contribution is -0.384. The fourth-order valence-electron chi connectivity index (χ4n) is 2.41. The summed E-state index contributed by atoms with van der Waals surface area (Å²) in [5.74, 6) is 0. The fourth-order valence-corrected chi connectivity index (χ4v) is 4.28. The summed E-state index contributed by atoms with van der Waals surface area (Å²) in [6.07, 6.45) is 0. The van der Waals surface area contributed by atoms with Gasteiger partial charge < -0.3 is 0 Å². The summed E-state index contributed by atoms with van der Waals surface area (Å²) >= 11 is 2.83. The fraction of sp³-hybridized carbons (Fsp3) is 0.250. The smallest absolute Gasteiger partial charge is 0.272 e. The van der Waals surface area contributed by atoms with Crippen LogP contribution in [0.3, 0.4) is 0 Å². The highest BCUT2D eigenvalue weighted by Crippen LogP contribution is 2.35.